The Hall–Kier alpha value is -1.97. The monoisotopic (exact) mass is 257 g/mol. The minimum atomic E-state index is -0.432. The zero-order chi connectivity index (χ0) is 13.0. The minimum Gasteiger partial charge on any atom is -0.463 e. The van der Waals surface area contributed by atoms with E-state index in [4.69, 9.17) is 4.42 Å². The van der Waals surface area contributed by atoms with Gasteiger partial charge in [-0.2, -0.15) is 0 Å². The largest absolute Gasteiger partial charge is 0.463 e. The van der Waals surface area contributed by atoms with Crippen molar-refractivity contribution in [3.8, 4) is 0 Å². The van der Waals surface area contributed by atoms with E-state index in [-0.39, 0.29) is 5.76 Å². The van der Waals surface area contributed by atoms with Gasteiger partial charge < -0.3 is 14.1 Å². The first kappa shape index (κ1) is 10.9. The van der Waals surface area contributed by atoms with Crippen LogP contribution in [0.25, 0.3) is 11.0 Å². The van der Waals surface area contributed by atoms with Gasteiger partial charge in [-0.25, -0.2) is 4.79 Å². The van der Waals surface area contributed by atoms with Crippen molar-refractivity contribution in [1.82, 2.24) is 0 Å². The van der Waals surface area contributed by atoms with Gasteiger partial charge in [0.1, 0.15) is 5.58 Å². The molecule has 2 fully saturated rings. The number of esters is 1. The van der Waals surface area contributed by atoms with Crippen LogP contribution in [0.15, 0.2) is 28.7 Å². The van der Waals surface area contributed by atoms with E-state index in [9.17, 15) is 4.79 Å². The van der Waals surface area contributed by atoms with Crippen LogP contribution in [0, 0.1) is 5.41 Å². The second kappa shape index (κ2) is 3.53. The maximum atomic E-state index is 11.4. The Morgan fingerprint density at radius 3 is 2.79 bits per heavy atom. The number of furan rings is 1. The van der Waals surface area contributed by atoms with E-state index >= 15 is 0 Å². The number of nitrogens with zero attached hydrogens (tertiary/aromatic N) is 1. The van der Waals surface area contributed by atoms with Gasteiger partial charge in [-0.1, -0.05) is 0 Å². The number of fused-ring (bicyclic) bond motifs is 1. The fraction of sp³-hybridized carbons (Fsp3) is 0.400. The van der Waals surface area contributed by atoms with Crippen molar-refractivity contribution in [2.45, 2.75) is 12.8 Å². The Bertz CT molecular complexity index is 661. The van der Waals surface area contributed by atoms with Crippen molar-refractivity contribution in [1.29, 1.82) is 0 Å². The highest BCUT2D eigenvalue weighted by Gasteiger charge is 2.52. The highest BCUT2D eigenvalue weighted by molar-refractivity contribution is 5.93. The summed E-state index contributed by atoms with van der Waals surface area (Å²) in [6.07, 6.45) is 2.75. The molecule has 1 aliphatic heterocycles. The highest BCUT2D eigenvalue weighted by atomic mass is 16.5. The summed E-state index contributed by atoms with van der Waals surface area (Å²) in [7, 11) is 1.36. The number of carbonyl (C=O) groups is 1. The summed E-state index contributed by atoms with van der Waals surface area (Å²) in [4.78, 5) is 13.8. The summed E-state index contributed by atoms with van der Waals surface area (Å²) in [6.45, 7) is 2.31. The summed E-state index contributed by atoms with van der Waals surface area (Å²) in [5, 5.41) is 0.936. The molecule has 0 bridgehead atoms. The molecule has 98 valence electrons. The van der Waals surface area contributed by atoms with Gasteiger partial charge in [-0.15, -0.1) is 0 Å². The van der Waals surface area contributed by atoms with E-state index < -0.39 is 5.97 Å². The molecule has 2 aromatic rings. The van der Waals surface area contributed by atoms with Crippen molar-refractivity contribution in [2.24, 2.45) is 5.41 Å². The molecule has 2 aliphatic rings. The minimum absolute atomic E-state index is 0.261. The molecule has 2 heterocycles. The maximum absolute atomic E-state index is 11.4. The molecule has 4 rings (SSSR count). The van der Waals surface area contributed by atoms with Gasteiger partial charge in [0.25, 0.3) is 0 Å². The van der Waals surface area contributed by atoms with Gasteiger partial charge in [-0.05, 0) is 31.0 Å². The van der Waals surface area contributed by atoms with Gasteiger partial charge in [0.15, 0.2) is 0 Å². The maximum Gasteiger partial charge on any atom is 0.373 e. The second-order valence-corrected chi connectivity index (χ2v) is 5.68. The fourth-order valence-corrected chi connectivity index (χ4v) is 2.86. The molecule has 1 spiro atoms. The van der Waals surface area contributed by atoms with E-state index in [1.807, 2.05) is 12.1 Å². The standard InChI is InChI=1S/C15H15NO3/c1-18-14(17)13-6-10-2-3-11(7-12(10)19-13)16-8-15(9-16)4-5-15/h2-3,6-7H,4-5,8-9H2,1H3. The van der Waals surface area contributed by atoms with Crippen molar-refractivity contribution in [3.05, 3.63) is 30.0 Å². The molecule has 4 heteroatoms. The molecular weight excluding hydrogens is 242 g/mol. The summed E-state index contributed by atoms with van der Waals surface area (Å²) in [5.41, 5.74) is 2.56. The zero-order valence-corrected chi connectivity index (χ0v) is 10.8. The fourth-order valence-electron chi connectivity index (χ4n) is 2.86. The van der Waals surface area contributed by atoms with Crippen LogP contribution < -0.4 is 4.90 Å². The Kier molecular flexibility index (Phi) is 2.03. The lowest BCUT2D eigenvalue weighted by atomic mass is 9.96. The molecule has 1 aromatic carbocycles. The number of hydrogen-bond donors (Lipinski definition) is 0. The first-order valence-electron chi connectivity index (χ1n) is 6.56. The topological polar surface area (TPSA) is 42.7 Å². The van der Waals surface area contributed by atoms with Crippen molar-refractivity contribution < 1.29 is 13.9 Å². The SMILES string of the molecule is COC(=O)c1cc2ccc(N3CC4(CC4)C3)cc2o1. The van der Waals surface area contributed by atoms with Gasteiger partial charge in [0.2, 0.25) is 5.76 Å². The molecule has 0 atom stereocenters. The second-order valence-electron chi connectivity index (χ2n) is 5.68. The third-order valence-corrected chi connectivity index (χ3v) is 4.27. The van der Waals surface area contributed by atoms with Gasteiger partial charge in [0, 0.05) is 35.6 Å². The molecule has 0 amide bonds. The van der Waals surface area contributed by atoms with E-state index in [0.29, 0.717) is 5.41 Å². The number of anilines is 1. The Labute approximate surface area is 110 Å². The van der Waals surface area contributed by atoms with Gasteiger partial charge >= 0.3 is 5.97 Å². The molecule has 1 saturated heterocycles. The number of benzene rings is 1. The smallest absolute Gasteiger partial charge is 0.373 e. The van der Waals surface area contributed by atoms with E-state index in [1.165, 1.54) is 25.6 Å². The van der Waals surface area contributed by atoms with Crippen molar-refractivity contribution >= 4 is 22.6 Å². The zero-order valence-electron chi connectivity index (χ0n) is 10.8. The van der Waals surface area contributed by atoms with Crippen LogP contribution in [-0.4, -0.2) is 26.2 Å². The number of hydrogen-bond acceptors (Lipinski definition) is 4. The van der Waals surface area contributed by atoms with E-state index in [2.05, 4.69) is 15.7 Å². The van der Waals surface area contributed by atoms with Crippen LogP contribution in [0.5, 0.6) is 0 Å². The first-order chi connectivity index (χ1) is 9.19. The Balaban J connectivity index is 1.65. The number of rotatable bonds is 2. The molecule has 1 aliphatic carbocycles. The predicted molar refractivity (Wildman–Crippen MR) is 71.4 cm³/mol. The third kappa shape index (κ3) is 1.63. The molecule has 0 unspecified atom stereocenters. The first-order valence-corrected chi connectivity index (χ1v) is 6.56. The molecule has 1 saturated carbocycles. The molecule has 0 radical (unpaired) electrons. The summed E-state index contributed by atoms with van der Waals surface area (Å²) < 4.78 is 10.2. The predicted octanol–water partition coefficient (Wildman–Crippen LogP) is 2.82. The summed E-state index contributed by atoms with van der Waals surface area (Å²) in [6, 6.07) is 7.83. The number of methoxy groups -OCH3 is 1. The quantitative estimate of drug-likeness (QED) is 0.776. The Morgan fingerprint density at radius 1 is 1.32 bits per heavy atom. The molecule has 4 nitrogen and oxygen atoms in total. The molecule has 19 heavy (non-hydrogen) atoms. The number of ether oxygens (including phenoxy) is 1. The van der Waals surface area contributed by atoms with Crippen LogP contribution in [0.4, 0.5) is 5.69 Å². The lowest BCUT2D eigenvalue weighted by Gasteiger charge is -2.41. The normalized spacial score (nSPS) is 19.5. The average molecular weight is 257 g/mol. The van der Waals surface area contributed by atoms with Gasteiger partial charge in [-0.3, -0.25) is 0 Å². The lowest BCUT2D eigenvalue weighted by molar-refractivity contribution is 0.0567. The van der Waals surface area contributed by atoms with Gasteiger partial charge in [0.05, 0.1) is 7.11 Å². The van der Waals surface area contributed by atoms with Crippen LogP contribution in [0.2, 0.25) is 0 Å². The summed E-state index contributed by atoms with van der Waals surface area (Å²) >= 11 is 0. The van der Waals surface area contributed by atoms with E-state index in [0.717, 1.165) is 24.1 Å². The van der Waals surface area contributed by atoms with Crippen molar-refractivity contribution in [3.63, 3.8) is 0 Å². The van der Waals surface area contributed by atoms with Crippen LogP contribution >= 0.6 is 0 Å². The average Bonchev–Trinajstić information content (AvgIpc) is 3.08. The third-order valence-electron chi connectivity index (χ3n) is 4.27. The number of carbonyl (C=O) groups excluding carboxylic acids is 1. The Morgan fingerprint density at radius 2 is 2.11 bits per heavy atom. The van der Waals surface area contributed by atoms with Crippen LogP contribution in [0.1, 0.15) is 23.4 Å². The molecule has 1 aromatic heterocycles. The van der Waals surface area contributed by atoms with Crippen LogP contribution in [0.3, 0.4) is 0 Å². The highest BCUT2D eigenvalue weighted by Crippen LogP contribution is 2.54. The van der Waals surface area contributed by atoms with E-state index in [1.54, 1.807) is 6.07 Å². The van der Waals surface area contributed by atoms with Crippen molar-refractivity contribution in [2.75, 3.05) is 25.1 Å². The van der Waals surface area contributed by atoms with Crippen LogP contribution in [-0.2, 0) is 4.74 Å². The lowest BCUT2D eigenvalue weighted by Crippen LogP contribution is -2.48. The molecular formula is C15H15NO3. The molecule has 0 N–H and O–H groups in total. The summed E-state index contributed by atoms with van der Waals surface area (Å²) in [5.74, 6) is -0.171.